The first-order valence-electron chi connectivity index (χ1n) is 3.59. The topological polar surface area (TPSA) is 18.5 Å². The predicted octanol–water partition coefficient (Wildman–Crippen LogP) is 2.52. The molecule has 0 aromatic heterocycles. The van der Waals surface area contributed by atoms with Crippen LogP contribution < -0.4 is 0 Å². The van der Waals surface area contributed by atoms with Gasteiger partial charge in [-0.25, -0.2) is 9.78 Å². The lowest BCUT2D eigenvalue weighted by Crippen LogP contribution is -1.72. The van der Waals surface area contributed by atoms with E-state index in [4.69, 9.17) is 0 Å². The van der Waals surface area contributed by atoms with Crippen molar-refractivity contribution in [3.05, 3.63) is 42.5 Å². The van der Waals surface area contributed by atoms with E-state index in [0.717, 1.165) is 0 Å². The Morgan fingerprint density at radius 3 is 1.83 bits per heavy atom. The van der Waals surface area contributed by atoms with Crippen molar-refractivity contribution >= 4 is 6.08 Å². The summed E-state index contributed by atoms with van der Waals surface area (Å²) in [6, 6.07) is 10.0. The van der Waals surface area contributed by atoms with Crippen LogP contribution in [0.2, 0.25) is 0 Å². The molecule has 0 N–H and O–H groups in total. The maximum Gasteiger partial charge on any atom is 0.0712 e. The zero-order chi connectivity index (χ0) is 9.23. The summed E-state index contributed by atoms with van der Waals surface area (Å²) in [6.45, 7) is 3.63. The van der Waals surface area contributed by atoms with Crippen LogP contribution in [0.15, 0.2) is 36.9 Å². The smallest absolute Gasteiger partial charge is 0.0712 e. The van der Waals surface area contributed by atoms with Crippen LogP contribution in [0.4, 0.5) is 0 Å². The lowest BCUT2D eigenvalue weighted by Gasteiger charge is -1.85. The molecule has 0 amide bonds. The Morgan fingerprint density at radius 2 is 1.58 bits per heavy atom. The SMILES string of the molecule is C=Cc1ccccc1.COOC. The number of hydrogen-bond acceptors (Lipinski definition) is 2. The number of hydrogen-bond donors (Lipinski definition) is 0. The molecule has 1 aromatic rings. The lowest BCUT2D eigenvalue weighted by molar-refractivity contribution is -0.248. The molecule has 0 fully saturated rings. The highest BCUT2D eigenvalue weighted by Crippen LogP contribution is 1.97. The predicted molar refractivity (Wildman–Crippen MR) is 50.6 cm³/mol. The van der Waals surface area contributed by atoms with Crippen LogP contribution in [0, 0.1) is 0 Å². The standard InChI is InChI=1S/C8H8.C2H6O2/c1-2-8-6-4-3-5-7-8;1-3-4-2/h2-7H,1H2;1-2H3. The van der Waals surface area contributed by atoms with Crippen molar-refractivity contribution in [1.29, 1.82) is 0 Å². The van der Waals surface area contributed by atoms with Gasteiger partial charge in [0.1, 0.15) is 0 Å². The Kier molecular flexibility index (Phi) is 7.24. The molecule has 0 spiro atoms. The van der Waals surface area contributed by atoms with Gasteiger partial charge in [-0.3, -0.25) is 0 Å². The average Bonchev–Trinajstić information content (AvgIpc) is 2.19. The monoisotopic (exact) mass is 166 g/mol. The van der Waals surface area contributed by atoms with Crippen LogP contribution in [0.3, 0.4) is 0 Å². The summed E-state index contributed by atoms with van der Waals surface area (Å²) in [6.07, 6.45) is 1.83. The normalized spacial score (nSPS) is 8.17. The second-order valence-electron chi connectivity index (χ2n) is 1.95. The van der Waals surface area contributed by atoms with Crippen molar-refractivity contribution in [2.24, 2.45) is 0 Å². The van der Waals surface area contributed by atoms with E-state index in [0.29, 0.717) is 0 Å². The zero-order valence-electron chi connectivity index (χ0n) is 7.49. The minimum atomic E-state index is 1.17. The van der Waals surface area contributed by atoms with Gasteiger partial charge >= 0.3 is 0 Å². The van der Waals surface area contributed by atoms with Crippen molar-refractivity contribution < 1.29 is 9.78 Å². The maximum atomic E-state index is 4.04. The van der Waals surface area contributed by atoms with Crippen LogP contribution in [0.25, 0.3) is 6.08 Å². The Hall–Kier alpha value is -1.12. The number of rotatable bonds is 2. The fourth-order valence-electron chi connectivity index (χ4n) is 0.589. The van der Waals surface area contributed by atoms with E-state index < -0.39 is 0 Å². The van der Waals surface area contributed by atoms with E-state index in [1.165, 1.54) is 19.8 Å². The van der Waals surface area contributed by atoms with Gasteiger partial charge in [-0.2, -0.15) is 0 Å². The van der Waals surface area contributed by atoms with Crippen LogP contribution in [0.5, 0.6) is 0 Å². The Balaban J connectivity index is 0.000000261. The van der Waals surface area contributed by atoms with Crippen molar-refractivity contribution in [3.63, 3.8) is 0 Å². The maximum absolute atomic E-state index is 4.04. The fraction of sp³-hybridized carbons (Fsp3) is 0.200. The van der Waals surface area contributed by atoms with Gasteiger partial charge in [0.05, 0.1) is 14.2 Å². The van der Waals surface area contributed by atoms with E-state index in [9.17, 15) is 0 Å². The van der Waals surface area contributed by atoms with Gasteiger partial charge in [-0.05, 0) is 5.56 Å². The summed E-state index contributed by atoms with van der Waals surface area (Å²) in [7, 11) is 2.92. The molecule has 0 atom stereocenters. The Labute approximate surface area is 73.4 Å². The second-order valence-corrected chi connectivity index (χ2v) is 1.95. The first-order valence-corrected chi connectivity index (χ1v) is 3.59. The summed E-state index contributed by atoms with van der Waals surface area (Å²) < 4.78 is 0. The summed E-state index contributed by atoms with van der Waals surface area (Å²) in [4.78, 5) is 8.08. The third-order valence-electron chi connectivity index (χ3n) is 1.20. The molecule has 0 radical (unpaired) electrons. The molecule has 2 nitrogen and oxygen atoms in total. The lowest BCUT2D eigenvalue weighted by atomic mass is 10.2. The van der Waals surface area contributed by atoms with Gasteiger partial charge < -0.3 is 0 Å². The Bertz CT molecular complexity index is 192. The molecule has 0 bridgehead atoms. The second kappa shape index (κ2) is 7.98. The van der Waals surface area contributed by atoms with Crippen LogP contribution in [-0.2, 0) is 9.78 Å². The van der Waals surface area contributed by atoms with E-state index in [-0.39, 0.29) is 0 Å². The molecule has 1 rings (SSSR count). The summed E-state index contributed by atoms with van der Waals surface area (Å²) in [5.41, 5.74) is 1.17. The van der Waals surface area contributed by atoms with Crippen molar-refractivity contribution in [2.45, 2.75) is 0 Å². The molecule has 2 heteroatoms. The molecule has 1 aromatic carbocycles. The van der Waals surface area contributed by atoms with Crippen molar-refractivity contribution in [3.8, 4) is 0 Å². The first-order chi connectivity index (χ1) is 5.85. The van der Waals surface area contributed by atoms with Crippen LogP contribution in [-0.4, -0.2) is 14.2 Å². The van der Waals surface area contributed by atoms with Crippen molar-refractivity contribution in [1.82, 2.24) is 0 Å². The molecule has 0 saturated carbocycles. The minimum absolute atomic E-state index is 1.17. The van der Waals surface area contributed by atoms with Crippen LogP contribution >= 0.6 is 0 Å². The van der Waals surface area contributed by atoms with Gasteiger partial charge in [-0.15, -0.1) is 0 Å². The van der Waals surface area contributed by atoms with Crippen LogP contribution in [0.1, 0.15) is 5.56 Å². The summed E-state index contributed by atoms with van der Waals surface area (Å²) in [5, 5.41) is 0. The molecule has 0 aliphatic carbocycles. The molecular weight excluding hydrogens is 152 g/mol. The van der Waals surface area contributed by atoms with E-state index in [1.807, 2.05) is 36.4 Å². The minimum Gasteiger partial charge on any atom is -0.240 e. The first kappa shape index (κ1) is 10.9. The van der Waals surface area contributed by atoms with Gasteiger partial charge in [0.2, 0.25) is 0 Å². The highest BCUT2D eigenvalue weighted by molar-refractivity contribution is 5.45. The summed E-state index contributed by atoms with van der Waals surface area (Å²) in [5.74, 6) is 0. The largest absolute Gasteiger partial charge is 0.240 e. The number of benzene rings is 1. The third kappa shape index (κ3) is 5.65. The van der Waals surface area contributed by atoms with Gasteiger partial charge in [-0.1, -0.05) is 43.0 Å². The highest BCUT2D eigenvalue weighted by atomic mass is 17.2. The van der Waals surface area contributed by atoms with E-state index in [1.54, 1.807) is 0 Å². The molecule has 12 heavy (non-hydrogen) atoms. The molecule has 0 unspecified atom stereocenters. The van der Waals surface area contributed by atoms with Crippen molar-refractivity contribution in [2.75, 3.05) is 14.2 Å². The van der Waals surface area contributed by atoms with Gasteiger partial charge in [0.15, 0.2) is 0 Å². The quantitative estimate of drug-likeness (QED) is 0.496. The Morgan fingerprint density at radius 1 is 1.08 bits per heavy atom. The van der Waals surface area contributed by atoms with Gasteiger partial charge in [0.25, 0.3) is 0 Å². The average molecular weight is 166 g/mol. The van der Waals surface area contributed by atoms with Gasteiger partial charge in [0, 0.05) is 0 Å². The zero-order valence-corrected chi connectivity index (χ0v) is 7.49. The molecule has 0 heterocycles. The molecule has 0 aliphatic rings. The summed E-state index contributed by atoms with van der Waals surface area (Å²) >= 11 is 0. The molecule has 66 valence electrons. The molecular formula is C10H14O2. The molecule has 0 aliphatic heterocycles. The van der Waals surface area contributed by atoms with E-state index in [2.05, 4.69) is 16.4 Å². The fourth-order valence-corrected chi connectivity index (χ4v) is 0.589. The third-order valence-corrected chi connectivity index (χ3v) is 1.20. The van der Waals surface area contributed by atoms with E-state index >= 15 is 0 Å². The molecule has 0 saturated heterocycles. The highest BCUT2D eigenvalue weighted by Gasteiger charge is 1.75.